The minimum absolute atomic E-state index is 0.107. The minimum Gasteiger partial charge on any atom is -0.449 e. The van der Waals surface area contributed by atoms with E-state index >= 15 is 0 Å². The lowest BCUT2D eigenvalue weighted by Gasteiger charge is -2.14. The molecule has 0 bridgehead atoms. The van der Waals surface area contributed by atoms with Gasteiger partial charge in [0.1, 0.15) is 18.0 Å². The second-order valence-corrected chi connectivity index (χ2v) is 7.14. The van der Waals surface area contributed by atoms with E-state index in [4.69, 9.17) is 4.74 Å². The second kappa shape index (κ2) is 8.75. The number of alkyl halides is 3. The maximum Gasteiger partial charge on any atom is 0.420 e. The number of nitrogens with one attached hydrogen (secondary N) is 1. The summed E-state index contributed by atoms with van der Waals surface area (Å²) in [5.74, 6) is 3.16. The molecule has 1 aliphatic rings. The number of benzene rings is 3. The van der Waals surface area contributed by atoms with Gasteiger partial charge in [-0.15, -0.1) is 0 Å². The Morgan fingerprint density at radius 1 is 0.938 bits per heavy atom. The number of amides is 1. The molecular weight excluding hydrogens is 422 g/mol. The molecule has 3 nitrogen and oxygen atoms in total. The summed E-state index contributed by atoms with van der Waals surface area (Å²) in [7, 11) is 0. The van der Waals surface area contributed by atoms with Crippen LogP contribution in [0.2, 0.25) is 0 Å². The highest BCUT2D eigenvalue weighted by atomic mass is 19.4. The van der Waals surface area contributed by atoms with E-state index in [0.717, 1.165) is 40.5 Å². The molecule has 3 aromatic rings. The van der Waals surface area contributed by atoms with Crippen molar-refractivity contribution in [2.24, 2.45) is 0 Å². The molecule has 4 rings (SSSR count). The molecule has 0 fully saturated rings. The standard InChI is InChI=1S/C25H17F4NO2/c26-22-13-5-7-16(23(22)25(27,28)29)8-6-14-30-24(31)32-15-21-19-11-3-1-9-17(19)18-10-2-4-12-20(18)21/h1-5,7,9-13,21H,14-15H2,(H,30,31). The molecule has 0 aliphatic heterocycles. The number of rotatable bonds is 3. The molecule has 7 heteroatoms. The molecule has 162 valence electrons. The fraction of sp³-hybridized carbons (Fsp3) is 0.160. The quantitative estimate of drug-likeness (QED) is 0.418. The van der Waals surface area contributed by atoms with Gasteiger partial charge in [-0.25, -0.2) is 9.18 Å². The van der Waals surface area contributed by atoms with Gasteiger partial charge in [-0.2, -0.15) is 13.2 Å². The first-order valence-electron chi connectivity index (χ1n) is 9.79. The van der Waals surface area contributed by atoms with Crippen LogP contribution in [0, 0.1) is 17.7 Å². The van der Waals surface area contributed by atoms with E-state index in [2.05, 4.69) is 17.2 Å². The lowest BCUT2D eigenvalue weighted by atomic mass is 9.98. The van der Waals surface area contributed by atoms with E-state index in [-0.39, 0.29) is 19.1 Å². The van der Waals surface area contributed by atoms with Gasteiger partial charge in [0.25, 0.3) is 0 Å². The van der Waals surface area contributed by atoms with Gasteiger partial charge in [-0.1, -0.05) is 66.4 Å². The Labute approximate surface area is 182 Å². The van der Waals surface area contributed by atoms with Crippen molar-refractivity contribution in [1.82, 2.24) is 5.32 Å². The largest absolute Gasteiger partial charge is 0.449 e. The first-order valence-corrected chi connectivity index (χ1v) is 9.79. The van der Waals surface area contributed by atoms with E-state index in [1.54, 1.807) is 0 Å². The van der Waals surface area contributed by atoms with Gasteiger partial charge < -0.3 is 10.1 Å². The van der Waals surface area contributed by atoms with Crippen molar-refractivity contribution in [3.63, 3.8) is 0 Å². The smallest absolute Gasteiger partial charge is 0.420 e. The zero-order valence-corrected chi connectivity index (χ0v) is 16.7. The number of halogens is 4. The molecule has 0 unspecified atom stereocenters. The summed E-state index contributed by atoms with van der Waals surface area (Å²) < 4.78 is 57.9. The molecule has 32 heavy (non-hydrogen) atoms. The molecule has 0 radical (unpaired) electrons. The predicted octanol–water partition coefficient (Wildman–Crippen LogP) is 5.73. The van der Waals surface area contributed by atoms with E-state index < -0.39 is 29.2 Å². The van der Waals surface area contributed by atoms with Gasteiger partial charge >= 0.3 is 12.3 Å². The number of hydrogen-bond donors (Lipinski definition) is 1. The van der Waals surface area contributed by atoms with Crippen molar-refractivity contribution in [2.45, 2.75) is 12.1 Å². The molecule has 1 amide bonds. The number of ether oxygens (including phenoxy) is 1. The summed E-state index contributed by atoms with van der Waals surface area (Å²) >= 11 is 0. The highest BCUT2D eigenvalue weighted by molar-refractivity contribution is 5.79. The zero-order chi connectivity index (χ0) is 22.7. The van der Waals surface area contributed by atoms with E-state index in [1.807, 2.05) is 48.5 Å². The Morgan fingerprint density at radius 3 is 2.19 bits per heavy atom. The lowest BCUT2D eigenvalue weighted by molar-refractivity contribution is -0.140. The Bertz CT molecular complexity index is 1180. The minimum atomic E-state index is -4.87. The second-order valence-electron chi connectivity index (χ2n) is 7.14. The molecule has 0 aromatic heterocycles. The van der Waals surface area contributed by atoms with E-state index in [1.165, 1.54) is 0 Å². The number of alkyl carbamates (subject to hydrolysis) is 1. The van der Waals surface area contributed by atoms with Crippen LogP contribution in [-0.4, -0.2) is 19.2 Å². The van der Waals surface area contributed by atoms with Crippen LogP contribution < -0.4 is 5.32 Å². The maximum atomic E-state index is 13.6. The Morgan fingerprint density at radius 2 is 1.56 bits per heavy atom. The number of fused-ring (bicyclic) bond motifs is 3. The van der Waals surface area contributed by atoms with Crippen LogP contribution in [0.15, 0.2) is 66.7 Å². The van der Waals surface area contributed by atoms with E-state index in [9.17, 15) is 22.4 Å². The number of hydrogen-bond acceptors (Lipinski definition) is 2. The van der Waals surface area contributed by atoms with Gasteiger partial charge in [-0.3, -0.25) is 0 Å². The summed E-state index contributed by atoms with van der Waals surface area (Å²) in [6.45, 7) is -0.139. The van der Waals surface area contributed by atoms with Crippen LogP contribution in [0.3, 0.4) is 0 Å². The fourth-order valence-electron chi connectivity index (χ4n) is 3.82. The summed E-state index contributed by atoms with van der Waals surface area (Å²) in [6.07, 6.45) is -5.60. The summed E-state index contributed by atoms with van der Waals surface area (Å²) in [5.41, 5.74) is 2.40. The third kappa shape index (κ3) is 4.30. The van der Waals surface area contributed by atoms with Gasteiger partial charge in [0.15, 0.2) is 0 Å². The average Bonchev–Trinajstić information content (AvgIpc) is 3.08. The third-order valence-electron chi connectivity index (χ3n) is 5.18. The highest BCUT2D eigenvalue weighted by Gasteiger charge is 2.36. The highest BCUT2D eigenvalue weighted by Crippen LogP contribution is 2.44. The predicted molar refractivity (Wildman–Crippen MR) is 111 cm³/mol. The van der Waals surface area contributed by atoms with Gasteiger partial charge in [0, 0.05) is 11.5 Å². The van der Waals surface area contributed by atoms with Crippen LogP contribution in [0.25, 0.3) is 11.1 Å². The summed E-state index contributed by atoms with van der Waals surface area (Å²) in [5, 5.41) is 2.39. The summed E-state index contributed by atoms with van der Waals surface area (Å²) in [4.78, 5) is 12.1. The monoisotopic (exact) mass is 439 g/mol. The van der Waals surface area contributed by atoms with Crippen molar-refractivity contribution in [2.75, 3.05) is 13.2 Å². The third-order valence-corrected chi connectivity index (χ3v) is 5.18. The van der Waals surface area contributed by atoms with Crippen LogP contribution in [0.5, 0.6) is 0 Å². The topological polar surface area (TPSA) is 38.3 Å². The molecule has 0 saturated carbocycles. The molecule has 1 aliphatic carbocycles. The fourth-order valence-corrected chi connectivity index (χ4v) is 3.82. The van der Waals surface area contributed by atoms with Gasteiger partial charge in [0.05, 0.1) is 6.54 Å². The number of carbonyl (C=O) groups is 1. The van der Waals surface area contributed by atoms with Crippen LogP contribution in [0.4, 0.5) is 22.4 Å². The molecular formula is C25H17F4NO2. The Kier molecular flexibility index (Phi) is 5.87. The molecule has 1 N–H and O–H groups in total. The van der Waals surface area contributed by atoms with Crippen molar-refractivity contribution >= 4 is 6.09 Å². The van der Waals surface area contributed by atoms with Gasteiger partial charge in [0.2, 0.25) is 0 Å². The van der Waals surface area contributed by atoms with E-state index in [0.29, 0.717) is 0 Å². The SMILES string of the molecule is O=C(NCC#Cc1cccc(F)c1C(F)(F)F)OCC1c2ccccc2-c2ccccc21. The van der Waals surface area contributed by atoms with Crippen molar-refractivity contribution in [3.05, 3.63) is 94.8 Å². The average molecular weight is 439 g/mol. The van der Waals surface area contributed by atoms with Crippen molar-refractivity contribution < 1.29 is 27.1 Å². The Hall–Kier alpha value is -3.79. The number of carbonyl (C=O) groups excluding carboxylic acids is 1. The molecule has 3 aromatic carbocycles. The summed E-state index contributed by atoms with van der Waals surface area (Å²) in [6, 6.07) is 18.7. The molecule has 0 spiro atoms. The van der Waals surface area contributed by atoms with Gasteiger partial charge in [-0.05, 0) is 34.4 Å². The van der Waals surface area contributed by atoms with Crippen molar-refractivity contribution in [3.8, 4) is 23.0 Å². The Balaban J connectivity index is 1.38. The molecule has 0 atom stereocenters. The normalized spacial score (nSPS) is 12.4. The molecule has 0 saturated heterocycles. The van der Waals surface area contributed by atoms with Crippen LogP contribution in [-0.2, 0) is 10.9 Å². The van der Waals surface area contributed by atoms with Crippen molar-refractivity contribution in [1.29, 1.82) is 0 Å². The maximum absolute atomic E-state index is 13.6. The zero-order valence-electron chi connectivity index (χ0n) is 16.7. The lowest BCUT2D eigenvalue weighted by Crippen LogP contribution is -2.26. The van der Waals surface area contributed by atoms with Crippen LogP contribution >= 0.6 is 0 Å². The first-order chi connectivity index (χ1) is 15.4. The molecule has 0 heterocycles. The first kappa shape index (κ1) is 21.4. The van der Waals surface area contributed by atoms with Crippen LogP contribution in [0.1, 0.15) is 28.2 Å².